The lowest BCUT2D eigenvalue weighted by atomic mass is 10.0. The van der Waals surface area contributed by atoms with Crippen molar-refractivity contribution in [2.24, 2.45) is 0 Å². The molecule has 0 radical (unpaired) electrons. The van der Waals surface area contributed by atoms with Crippen molar-refractivity contribution in [1.82, 2.24) is 9.13 Å². The number of aryl methyl sites for hydroxylation is 4. The third-order valence-corrected chi connectivity index (χ3v) is 9.36. The maximum absolute atomic E-state index is 2.44. The van der Waals surface area contributed by atoms with E-state index in [1.54, 1.807) is 0 Å². The van der Waals surface area contributed by atoms with Gasteiger partial charge in [0.2, 0.25) is 0 Å². The van der Waals surface area contributed by atoms with Crippen molar-refractivity contribution in [3.05, 3.63) is 80.2 Å². The second-order valence-electron chi connectivity index (χ2n) is 11.1. The van der Waals surface area contributed by atoms with Gasteiger partial charge in [-0.1, -0.05) is 124 Å². The van der Waals surface area contributed by atoms with E-state index in [1.165, 1.54) is 88.9 Å². The summed E-state index contributed by atoms with van der Waals surface area (Å²) in [4.78, 5) is 0. The highest BCUT2D eigenvalue weighted by atomic mass is 15.0. The van der Waals surface area contributed by atoms with Crippen LogP contribution in [-0.4, -0.2) is 9.13 Å². The Morgan fingerprint density at radius 2 is 0.712 bits per heavy atom. The van der Waals surface area contributed by atoms with Crippen LogP contribution in [0.2, 0.25) is 0 Å². The van der Waals surface area contributed by atoms with Gasteiger partial charge in [-0.2, -0.15) is 0 Å². The molecule has 2 aliphatic carbocycles. The zero-order valence-electron chi connectivity index (χ0n) is 36.0. The average Bonchev–Trinajstić information content (AvgIpc) is 3.76. The Morgan fingerprint density at radius 1 is 0.423 bits per heavy atom. The van der Waals surface area contributed by atoms with Gasteiger partial charge in [0.1, 0.15) is 0 Å². The van der Waals surface area contributed by atoms with Crippen molar-refractivity contribution < 1.29 is 0 Å². The van der Waals surface area contributed by atoms with Gasteiger partial charge < -0.3 is 9.13 Å². The van der Waals surface area contributed by atoms with E-state index in [4.69, 9.17) is 0 Å². The minimum absolute atomic E-state index is 0. The first-order valence-electron chi connectivity index (χ1n) is 19.7. The van der Waals surface area contributed by atoms with Crippen molar-refractivity contribution in [1.29, 1.82) is 0 Å². The van der Waals surface area contributed by atoms with Crippen LogP contribution in [0.4, 0.5) is 0 Å². The third-order valence-electron chi connectivity index (χ3n) is 9.36. The number of fused-ring (bicyclic) bond motifs is 4. The maximum atomic E-state index is 2.44. The number of nitrogens with zero attached hydrogens (tertiary/aromatic N) is 2. The van der Waals surface area contributed by atoms with Crippen molar-refractivity contribution in [3.8, 4) is 0 Å². The standard InChI is InChI=1S/2C17H21N.6C2H6.4CH4/c1-6-18-13(5)12(4)16-9-15-11(3)10(2)7-14(15)8-17(16)18;1-6-18-13(5)12(4)16-8-14-7-10(2)11(3)15(14)9-17(16)18;6*1-2;;;;/h2*8-9H,6-7H2,1-5H3;6*1-2H3;4*1H4. The lowest BCUT2D eigenvalue weighted by Crippen LogP contribution is -1.97. The van der Waals surface area contributed by atoms with Gasteiger partial charge in [-0.25, -0.2) is 0 Å². The summed E-state index contributed by atoms with van der Waals surface area (Å²) in [7, 11) is 0. The van der Waals surface area contributed by atoms with Crippen LogP contribution in [0.1, 0.15) is 199 Å². The monoisotopic (exact) mass is 723 g/mol. The maximum Gasteiger partial charge on any atom is 0.0491 e. The van der Waals surface area contributed by atoms with E-state index in [-0.39, 0.29) is 29.7 Å². The zero-order valence-corrected chi connectivity index (χ0v) is 36.0. The molecule has 0 unspecified atom stereocenters. The SMILES string of the molecule is C.C.C.C.CC.CC.CC.CC.CC.CC.CCn1c(C)c(C)c2cc3c(cc21)C(C)=C(C)C3.CCn1c(C)c(C)c2cc3c(cc21)CC(C)=C3C. The van der Waals surface area contributed by atoms with Crippen LogP contribution in [0.3, 0.4) is 0 Å². The molecular formula is C50H94N2. The van der Waals surface area contributed by atoms with Gasteiger partial charge in [-0.05, 0) is 151 Å². The van der Waals surface area contributed by atoms with E-state index in [9.17, 15) is 0 Å². The predicted octanol–water partition coefficient (Wildman–Crippen LogP) is 18.0. The summed E-state index contributed by atoms with van der Waals surface area (Å²) in [5.74, 6) is 0. The van der Waals surface area contributed by atoms with Crippen LogP contribution in [-0.2, 0) is 25.9 Å². The van der Waals surface area contributed by atoms with Crippen LogP contribution in [0.5, 0.6) is 0 Å². The largest absolute Gasteiger partial charge is 0.345 e. The van der Waals surface area contributed by atoms with Crippen molar-refractivity contribution in [2.45, 2.75) is 208 Å². The molecule has 0 spiro atoms. The predicted molar refractivity (Wildman–Crippen MR) is 253 cm³/mol. The Bertz CT molecular complexity index is 1610. The Labute approximate surface area is 329 Å². The van der Waals surface area contributed by atoms with Crippen LogP contribution in [0.15, 0.2) is 35.4 Å². The highest BCUT2D eigenvalue weighted by molar-refractivity contribution is 5.92. The van der Waals surface area contributed by atoms with Gasteiger partial charge in [0, 0.05) is 46.3 Å². The minimum atomic E-state index is 0. The van der Waals surface area contributed by atoms with E-state index in [1.807, 2.05) is 83.1 Å². The van der Waals surface area contributed by atoms with Gasteiger partial charge >= 0.3 is 0 Å². The van der Waals surface area contributed by atoms with Crippen LogP contribution >= 0.6 is 0 Å². The fraction of sp³-hybridized carbons (Fsp3) is 0.600. The molecule has 2 nitrogen and oxygen atoms in total. The molecule has 0 N–H and O–H groups in total. The molecule has 2 aromatic heterocycles. The summed E-state index contributed by atoms with van der Waals surface area (Å²) in [6.07, 6.45) is 2.26. The van der Waals surface area contributed by atoms with Crippen LogP contribution in [0, 0.1) is 27.7 Å². The summed E-state index contributed by atoms with van der Waals surface area (Å²) in [5.41, 5.74) is 20.5. The topological polar surface area (TPSA) is 9.86 Å². The number of allylic oxidation sites excluding steroid dienone is 4. The van der Waals surface area contributed by atoms with Crippen molar-refractivity contribution in [2.75, 3.05) is 0 Å². The second kappa shape index (κ2) is 30.5. The number of benzene rings is 2. The van der Waals surface area contributed by atoms with Gasteiger partial charge in [-0.3, -0.25) is 0 Å². The van der Waals surface area contributed by atoms with Crippen LogP contribution in [0.25, 0.3) is 33.0 Å². The molecule has 2 aromatic carbocycles. The third kappa shape index (κ3) is 12.6. The van der Waals surface area contributed by atoms with E-state index in [2.05, 4.69) is 103 Å². The molecule has 0 fully saturated rings. The van der Waals surface area contributed by atoms with E-state index in [0.29, 0.717) is 0 Å². The second-order valence-corrected chi connectivity index (χ2v) is 11.1. The lowest BCUT2D eigenvalue weighted by molar-refractivity contribution is 0.766. The van der Waals surface area contributed by atoms with Gasteiger partial charge in [0.05, 0.1) is 0 Å². The van der Waals surface area contributed by atoms with Crippen LogP contribution < -0.4 is 0 Å². The fourth-order valence-electron chi connectivity index (χ4n) is 6.57. The Kier molecular flexibility index (Phi) is 35.8. The first-order chi connectivity index (χ1) is 23.1. The molecule has 2 aliphatic rings. The smallest absolute Gasteiger partial charge is 0.0491 e. The summed E-state index contributed by atoms with van der Waals surface area (Å²) >= 11 is 0. The first-order valence-corrected chi connectivity index (χ1v) is 19.7. The molecule has 0 saturated carbocycles. The number of hydrogen-bond donors (Lipinski definition) is 0. The van der Waals surface area contributed by atoms with E-state index >= 15 is 0 Å². The number of rotatable bonds is 2. The minimum Gasteiger partial charge on any atom is -0.345 e. The molecule has 0 amide bonds. The summed E-state index contributed by atoms with van der Waals surface area (Å²) in [6.45, 7) is 48.6. The molecule has 2 heteroatoms. The van der Waals surface area contributed by atoms with E-state index in [0.717, 1.165) is 25.9 Å². The molecule has 6 rings (SSSR count). The average molecular weight is 723 g/mol. The van der Waals surface area contributed by atoms with E-state index < -0.39 is 0 Å². The summed E-state index contributed by atoms with van der Waals surface area (Å²) in [5, 5.41) is 2.87. The highest BCUT2D eigenvalue weighted by Crippen LogP contribution is 2.38. The quantitative estimate of drug-likeness (QED) is 0.195. The molecule has 0 saturated heterocycles. The molecule has 0 bridgehead atoms. The Balaban J connectivity index is -0.000000149. The molecule has 52 heavy (non-hydrogen) atoms. The molecule has 4 aromatic rings. The Hall–Kier alpha value is -3.00. The lowest BCUT2D eigenvalue weighted by Gasteiger charge is -2.06. The summed E-state index contributed by atoms with van der Waals surface area (Å²) < 4.78 is 4.87. The fourth-order valence-corrected chi connectivity index (χ4v) is 6.57. The normalized spacial score (nSPS) is 10.9. The van der Waals surface area contributed by atoms with Gasteiger partial charge in [0.25, 0.3) is 0 Å². The Morgan fingerprint density at radius 3 is 1.06 bits per heavy atom. The molecular weight excluding hydrogens is 629 g/mol. The molecule has 2 heterocycles. The van der Waals surface area contributed by atoms with Crippen molar-refractivity contribution >= 4 is 33.0 Å². The van der Waals surface area contributed by atoms with Crippen molar-refractivity contribution in [3.63, 3.8) is 0 Å². The first kappa shape index (κ1) is 61.1. The highest BCUT2D eigenvalue weighted by Gasteiger charge is 2.20. The van der Waals surface area contributed by atoms with Gasteiger partial charge in [-0.15, -0.1) is 0 Å². The molecule has 304 valence electrons. The number of hydrogen-bond acceptors (Lipinski definition) is 0. The zero-order chi connectivity index (χ0) is 38.0. The molecule has 0 aliphatic heterocycles. The molecule has 0 atom stereocenters. The number of aromatic nitrogens is 2. The summed E-state index contributed by atoms with van der Waals surface area (Å²) in [6, 6.07) is 9.64. The van der Waals surface area contributed by atoms with Gasteiger partial charge in [0.15, 0.2) is 0 Å².